The van der Waals surface area contributed by atoms with Gasteiger partial charge in [-0.3, -0.25) is 0 Å². The molecule has 8 atom stereocenters. The summed E-state index contributed by atoms with van der Waals surface area (Å²) in [7, 11) is 0. The average Bonchev–Trinajstić information content (AvgIpc) is 2.62. The fraction of sp³-hybridized carbons (Fsp3) is 0.833. The summed E-state index contributed by atoms with van der Waals surface area (Å²) in [6.45, 7) is -2.15. The molecule has 0 aromatic heterocycles. The average molecular weight is 1230 g/mol. The molecule has 0 aromatic rings. The first-order valence-corrected chi connectivity index (χ1v) is 6.77. The molecule has 6 radical (unpaired) electrons. The molecule has 0 aliphatic heterocycles. The number of carbonyl (C=O) groups excluding carboxylic acids is 2. The van der Waals surface area contributed by atoms with Crippen LogP contribution >= 0.6 is 0 Å². The maximum atomic E-state index is 10.7. The molecule has 0 saturated heterocycles. The molecule has 0 aliphatic rings. The maximum Gasteiger partial charge on any atom is 3.00 e. The third kappa shape index (κ3) is 139. The summed E-state index contributed by atoms with van der Waals surface area (Å²) < 4.78 is 0. The van der Waals surface area contributed by atoms with Crippen molar-refractivity contribution >= 4 is 49.7 Å². The minimum Gasteiger partial charge on any atom is -2.00 e. The molecule has 0 bridgehead atoms. The topological polar surface area (TPSA) is 969 Å². The van der Waals surface area contributed by atoms with Crippen molar-refractivity contribution in [2.45, 2.75) is 48.8 Å². The molecule has 47 heteroatoms. The maximum absolute atomic E-state index is 10.7. The molecule has 0 aliphatic carbocycles. The fourth-order valence-corrected chi connectivity index (χ4v) is 1.26. The van der Waals surface area contributed by atoms with Gasteiger partial charge in [-0.15, -0.1) is 36.6 Å². The van der Waals surface area contributed by atoms with E-state index in [0.717, 1.165) is 0 Å². The molecule has 0 unspecified atom stereocenters. The van der Waals surface area contributed by atoms with Crippen LogP contribution in [-0.4, -0.2) is 231 Å². The Balaban J connectivity index is -0.00000000379. The van der Waals surface area contributed by atoms with Crippen molar-refractivity contribution in [3.63, 3.8) is 0 Å². The molecule has 59 heavy (non-hydrogen) atoms. The molecular weight excluding hydrogens is 1190 g/mol. The Bertz CT molecular complexity index is 447. The van der Waals surface area contributed by atoms with Crippen LogP contribution in [0, 0.1) is 0 Å². The first kappa shape index (κ1) is 296. The number of aliphatic carboxylic acids is 2. The Morgan fingerprint density at radius 2 is 0.475 bits per heavy atom. The zero-order chi connectivity index (χ0) is 21.2. The molecule has 0 saturated carbocycles. The molecule has 362 valence electrons. The normalized spacial score (nSPS) is 8.98. The summed E-state index contributed by atoms with van der Waals surface area (Å²) in [5, 5.41) is 117. The Morgan fingerprint density at radius 3 is 0.542 bits per heavy atom. The number of aliphatic hydroxyl groups is 4. The minimum absolute atomic E-state index is 0. The van der Waals surface area contributed by atoms with E-state index in [4.69, 9.17) is 20.4 Å². The second-order valence-corrected chi connectivity index (χ2v) is 4.83. The van der Waals surface area contributed by atoms with Gasteiger partial charge in [-0.2, -0.15) is 0 Å². The van der Waals surface area contributed by atoms with Gasteiger partial charge in [0.2, 0.25) is 0 Å². The van der Waals surface area contributed by atoms with Crippen LogP contribution < -0.4 is 159 Å². The van der Waals surface area contributed by atoms with Crippen LogP contribution in [0.3, 0.4) is 0 Å². The van der Waals surface area contributed by atoms with Crippen LogP contribution in [0.2, 0.25) is 0 Å². The van der Waals surface area contributed by atoms with Crippen LogP contribution in [0.4, 0.5) is 0 Å². The van der Waals surface area contributed by atoms with Gasteiger partial charge in [0.15, 0.2) is 0 Å². The smallest absolute Gasteiger partial charge is 2.00 e. The van der Waals surface area contributed by atoms with Crippen molar-refractivity contribution in [3.8, 4) is 0 Å². The summed E-state index contributed by atoms with van der Waals surface area (Å²) in [6, 6.07) is 0. The van der Waals surface area contributed by atoms with Crippen molar-refractivity contribution in [2.75, 3.05) is 13.2 Å². The Labute approximate surface area is 516 Å². The molecular formula is C12H44CaFe6Na4O36. The number of carboxylic acids is 2. The van der Waals surface area contributed by atoms with Crippen LogP contribution in [-0.2, 0) is 134 Å². The van der Waals surface area contributed by atoms with Crippen molar-refractivity contribution in [3.05, 3.63) is 0 Å². The van der Waals surface area contributed by atoms with Gasteiger partial charge < -0.3 is 191 Å². The predicted octanol–water partition coefficient (Wildman–Crippen LogP) is -36.0. The zero-order valence-electron chi connectivity index (χ0n) is 29.9. The number of carbonyl (C=O) groups is 2. The Kier molecular flexibility index (Phi) is 881. The van der Waals surface area contributed by atoms with Gasteiger partial charge in [-0.1, -0.05) is 0 Å². The summed E-state index contributed by atoms with van der Waals surface area (Å²) in [6.07, 6.45) is -19.2. The van der Waals surface area contributed by atoms with Crippen LogP contribution in [0.15, 0.2) is 0 Å². The largest absolute Gasteiger partial charge is 3.00 e. The molecule has 0 amide bonds. The van der Waals surface area contributed by atoms with Crippen LogP contribution in [0.25, 0.3) is 0 Å². The zero-order valence-corrected chi connectivity index (χ0v) is 46.8. The van der Waals surface area contributed by atoms with Crippen molar-refractivity contribution in [1.82, 2.24) is 0 Å². The minimum atomic E-state index is -2.53. The molecule has 36 nitrogen and oxygen atoms in total. The van der Waals surface area contributed by atoms with E-state index in [1.54, 1.807) is 0 Å². The van der Waals surface area contributed by atoms with Crippen LogP contribution in [0.1, 0.15) is 0 Å². The molecule has 32 N–H and O–H groups in total. The van der Waals surface area contributed by atoms with Gasteiger partial charge in [0.05, 0.1) is 24.1 Å². The molecule has 0 fully saturated rings. The molecule has 0 heterocycles. The Morgan fingerprint density at radius 1 is 0.373 bits per heavy atom. The SMILES string of the molecule is O.O.O.O.O.O.O.O.O.O.O=C([O-])[C@H](O)[C@@H]([O-])[C@H]([O-])[C@@H]([O-])CO.O=C([O-])[C@H](O)[C@@H]([O-])[C@H]([O-])[C@H]([O-])CO.[Ca+2].[Fe+3].[Fe+3].[Fe+3].[Fe+3].[Fe+3].[Fe+3].[Na+].[Na+].[Na+].[Na+].[O-2].[O-2].[O-2].[O-2].[OH-].[OH-].[OH-].[OH-].[OH-].[OH-].[OH-].[OH-]. The van der Waals surface area contributed by atoms with Crippen molar-refractivity contribution in [1.29, 1.82) is 0 Å². The fourth-order valence-electron chi connectivity index (χ4n) is 1.26. The number of aliphatic hydroxyl groups excluding tert-OH is 4. The molecule has 0 rings (SSSR count). The first-order valence-electron chi connectivity index (χ1n) is 6.77. The third-order valence-corrected chi connectivity index (χ3v) is 2.85. The molecule has 0 aromatic carbocycles. The number of hydrogen-bond donors (Lipinski definition) is 4. The quantitative estimate of drug-likeness (QED) is 0.148. The number of rotatable bonds is 10. The second-order valence-electron chi connectivity index (χ2n) is 4.83. The second kappa shape index (κ2) is 176. The number of hydrogen-bond acceptors (Lipinski definition) is 22. The van der Waals surface area contributed by atoms with E-state index in [1.165, 1.54) is 0 Å². The van der Waals surface area contributed by atoms with Gasteiger partial charge in [0.25, 0.3) is 0 Å². The van der Waals surface area contributed by atoms with E-state index in [-0.39, 0.29) is 379 Å². The van der Waals surface area contributed by atoms with E-state index in [9.17, 15) is 50.4 Å². The Hall–Kier alpha value is 6.04. The van der Waals surface area contributed by atoms with Crippen molar-refractivity contribution in [2.24, 2.45) is 0 Å². The van der Waals surface area contributed by atoms with Gasteiger partial charge >= 0.3 is 258 Å². The van der Waals surface area contributed by atoms with Gasteiger partial charge in [0.1, 0.15) is 0 Å². The van der Waals surface area contributed by atoms with E-state index < -0.39 is 74.0 Å². The summed E-state index contributed by atoms with van der Waals surface area (Å²) >= 11 is 0. The van der Waals surface area contributed by atoms with Gasteiger partial charge in [0, 0.05) is 13.2 Å². The van der Waals surface area contributed by atoms with E-state index in [1.807, 2.05) is 0 Å². The van der Waals surface area contributed by atoms with Crippen molar-refractivity contribution < 1.29 is 412 Å². The van der Waals surface area contributed by atoms with Crippen LogP contribution in [0.5, 0.6) is 0 Å². The monoisotopic (exact) mass is 1230 g/mol. The van der Waals surface area contributed by atoms with Gasteiger partial charge in [-0.25, -0.2) is 0 Å². The van der Waals surface area contributed by atoms with E-state index >= 15 is 0 Å². The van der Waals surface area contributed by atoms with E-state index in [0.29, 0.717) is 0 Å². The summed E-state index contributed by atoms with van der Waals surface area (Å²) in [4.78, 5) is 19.8. The summed E-state index contributed by atoms with van der Waals surface area (Å²) in [5.74, 6) is -4.21. The predicted molar refractivity (Wildman–Crippen MR) is 119 cm³/mol. The standard InChI is InChI=1S/2C6H9O7.Ca.6Fe.4Na.18H2O.4O/c2*7-1-2(8)3(9)4(10)5(11)6(12)13;;;;;;;;;;;;;;;;;;;;;;;;;;;;;;;;;/h2*2-5,7,11H,1H2,(H,12,13);;;;;;;;;;;;18*1H2;;;;/q2*-3;+2;6*+3;4*+1;;;;;;;;;;;;;;;;;;;4*-2/p-10/t2-,3+,4-,5+;2-,3-,4+,5-;;;;;;;;;;;;;;;;;;;;;;;;;;;;;;;;;/m01................................./s1. The van der Waals surface area contributed by atoms with E-state index in [2.05, 4.69) is 0 Å². The number of carboxylic acid groups (broad SMARTS) is 2. The summed E-state index contributed by atoms with van der Waals surface area (Å²) in [5.41, 5.74) is 0. The third-order valence-electron chi connectivity index (χ3n) is 2.85. The first-order chi connectivity index (χ1) is 11.8. The van der Waals surface area contributed by atoms with Gasteiger partial charge in [-0.05, 0) is 0 Å². The molecule has 0 spiro atoms.